The summed E-state index contributed by atoms with van der Waals surface area (Å²) in [4.78, 5) is 16.2. The van der Waals surface area contributed by atoms with Gasteiger partial charge in [0.15, 0.2) is 23.3 Å². The lowest BCUT2D eigenvalue weighted by Crippen LogP contribution is -2.20. The van der Waals surface area contributed by atoms with Crippen molar-refractivity contribution in [2.45, 2.75) is 0 Å². The van der Waals surface area contributed by atoms with Gasteiger partial charge < -0.3 is 9.47 Å². The first kappa shape index (κ1) is 15.2. The first-order valence-electron chi connectivity index (χ1n) is 6.78. The van der Waals surface area contributed by atoms with Crippen LogP contribution in [0.4, 0.5) is 9.52 Å². The zero-order valence-electron chi connectivity index (χ0n) is 12.2. The van der Waals surface area contributed by atoms with Gasteiger partial charge in [-0.2, -0.15) is 0 Å². The summed E-state index contributed by atoms with van der Waals surface area (Å²) in [7, 11) is 1.56. The van der Waals surface area contributed by atoms with Gasteiger partial charge in [-0.3, -0.25) is 10.1 Å². The quantitative estimate of drug-likeness (QED) is 0.777. The number of ether oxygens (including phenoxy) is 2. The Kier molecular flexibility index (Phi) is 4.38. The Morgan fingerprint density at radius 1 is 1.22 bits per heavy atom. The van der Waals surface area contributed by atoms with E-state index in [0.717, 1.165) is 4.70 Å². The Bertz CT molecular complexity index is 850. The minimum absolute atomic E-state index is 0.0358. The second-order valence-electron chi connectivity index (χ2n) is 4.59. The van der Waals surface area contributed by atoms with Crippen molar-refractivity contribution in [2.24, 2.45) is 0 Å². The average molecular weight is 332 g/mol. The van der Waals surface area contributed by atoms with Gasteiger partial charge in [0.1, 0.15) is 11.3 Å². The molecular formula is C16H13FN2O3S. The molecule has 3 aromatic rings. The van der Waals surface area contributed by atoms with Crippen molar-refractivity contribution in [3.63, 3.8) is 0 Å². The van der Waals surface area contributed by atoms with Crippen molar-refractivity contribution in [1.29, 1.82) is 0 Å². The number of nitrogens with zero attached hydrogens (tertiary/aromatic N) is 1. The Balaban J connectivity index is 1.67. The number of carbonyl (C=O) groups is 1. The Hall–Kier alpha value is -2.67. The number of para-hydroxylation sites is 2. The molecule has 7 heteroatoms. The van der Waals surface area contributed by atoms with Gasteiger partial charge in [-0.05, 0) is 24.3 Å². The van der Waals surface area contributed by atoms with Crippen LogP contribution >= 0.6 is 11.3 Å². The SMILES string of the molecule is COc1cccc2sc(NC(=O)COc3ccccc3F)nc12. The molecule has 0 aliphatic rings. The number of hydrogen-bond acceptors (Lipinski definition) is 5. The Morgan fingerprint density at radius 3 is 2.78 bits per heavy atom. The van der Waals surface area contributed by atoms with Crippen LogP contribution in [0.1, 0.15) is 0 Å². The molecule has 0 aliphatic carbocycles. The summed E-state index contributed by atoms with van der Waals surface area (Å²) in [5.74, 6) is -0.244. The number of aromatic nitrogens is 1. The summed E-state index contributed by atoms with van der Waals surface area (Å²) >= 11 is 1.33. The number of hydrogen-bond donors (Lipinski definition) is 1. The molecule has 0 radical (unpaired) electrons. The van der Waals surface area contributed by atoms with Crippen molar-refractivity contribution in [3.05, 3.63) is 48.3 Å². The number of benzene rings is 2. The number of methoxy groups -OCH3 is 1. The van der Waals surface area contributed by atoms with E-state index in [1.807, 2.05) is 12.1 Å². The van der Waals surface area contributed by atoms with Crippen molar-refractivity contribution in [1.82, 2.24) is 4.98 Å². The van der Waals surface area contributed by atoms with Gasteiger partial charge in [0.2, 0.25) is 0 Å². The molecule has 1 amide bonds. The van der Waals surface area contributed by atoms with E-state index in [4.69, 9.17) is 9.47 Å². The van der Waals surface area contributed by atoms with Crippen LogP contribution in [-0.2, 0) is 4.79 Å². The van der Waals surface area contributed by atoms with Gasteiger partial charge in [0.05, 0.1) is 11.8 Å². The lowest BCUT2D eigenvalue weighted by molar-refractivity contribution is -0.118. The Morgan fingerprint density at radius 2 is 2.00 bits per heavy atom. The number of thiazole rings is 1. The number of carbonyl (C=O) groups excluding carboxylic acids is 1. The van der Waals surface area contributed by atoms with E-state index in [0.29, 0.717) is 16.4 Å². The van der Waals surface area contributed by atoms with Crippen LogP contribution in [0.5, 0.6) is 11.5 Å². The van der Waals surface area contributed by atoms with Crippen LogP contribution in [0.25, 0.3) is 10.2 Å². The van der Waals surface area contributed by atoms with Gasteiger partial charge in [0, 0.05) is 0 Å². The third-order valence-electron chi connectivity index (χ3n) is 3.04. The van der Waals surface area contributed by atoms with E-state index in [9.17, 15) is 9.18 Å². The standard InChI is InChI=1S/C16H13FN2O3S/c1-21-12-7-4-8-13-15(12)19-16(23-13)18-14(20)9-22-11-6-3-2-5-10(11)17/h2-8H,9H2,1H3,(H,18,19,20). The Labute approximate surface area is 135 Å². The maximum Gasteiger partial charge on any atom is 0.264 e. The molecule has 2 aromatic carbocycles. The van der Waals surface area contributed by atoms with E-state index < -0.39 is 11.7 Å². The molecule has 0 aliphatic heterocycles. The van der Waals surface area contributed by atoms with E-state index >= 15 is 0 Å². The summed E-state index contributed by atoms with van der Waals surface area (Å²) in [5.41, 5.74) is 0.685. The smallest absolute Gasteiger partial charge is 0.264 e. The van der Waals surface area contributed by atoms with Gasteiger partial charge in [-0.15, -0.1) is 0 Å². The summed E-state index contributed by atoms with van der Waals surface area (Å²) in [6.45, 7) is -0.298. The first-order chi connectivity index (χ1) is 11.2. The number of rotatable bonds is 5. The third kappa shape index (κ3) is 3.40. The van der Waals surface area contributed by atoms with Crippen LogP contribution in [0.15, 0.2) is 42.5 Å². The van der Waals surface area contributed by atoms with E-state index in [2.05, 4.69) is 10.3 Å². The fourth-order valence-electron chi connectivity index (χ4n) is 2.00. The van der Waals surface area contributed by atoms with Gasteiger partial charge in [0.25, 0.3) is 5.91 Å². The van der Waals surface area contributed by atoms with Gasteiger partial charge in [-0.1, -0.05) is 29.5 Å². The third-order valence-corrected chi connectivity index (χ3v) is 3.98. The number of halogens is 1. The predicted molar refractivity (Wildman–Crippen MR) is 86.7 cm³/mol. The van der Waals surface area contributed by atoms with E-state index in [1.165, 1.54) is 23.5 Å². The van der Waals surface area contributed by atoms with Crippen LogP contribution in [-0.4, -0.2) is 24.6 Å². The lowest BCUT2D eigenvalue weighted by atomic mass is 10.3. The number of fused-ring (bicyclic) bond motifs is 1. The molecule has 0 fully saturated rings. The monoisotopic (exact) mass is 332 g/mol. The second kappa shape index (κ2) is 6.62. The highest BCUT2D eigenvalue weighted by Crippen LogP contribution is 2.32. The minimum Gasteiger partial charge on any atom is -0.494 e. The van der Waals surface area contributed by atoms with E-state index in [-0.39, 0.29) is 12.4 Å². The summed E-state index contributed by atoms with van der Waals surface area (Å²) < 4.78 is 24.7. The second-order valence-corrected chi connectivity index (χ2v) is 5.62. The fraction of sp³-hybridized carbons (Fsp3) is 0.125. The van der Waals surface area contributed by atoms with Crippen molar-refractivity contribution in [3.8, 4) is 11.5 Å². The maximum absolute atomic E-state index is 13.4. The van der Waals surface area contributed by atoms with Crippen molar-refractivity contribution >= 4 is 32.6 Å². The van der Waals surface area contributed by atoms with Gasteiger partial charge in [-0.25, -0.2) is 9.37 Å². The predicted octanol–water partition coefficient (Wildman–Crippen LogP) is 3.46. The molecule has 3 rings (SSSR count). The molecule has 0 atom stereocenters. The average Bonchev–Trinajstić information content (AvgIpc) is 2.96. The number of amides is 1. The number of nitrogens with one attached hydrogen (secondary N) is 1. The molecule has 5 nitrogen and oxygen atoms in total. The molecule has 0 unspecified atom stereocenters. The maximum atomic E-state index is 13.4. The molecule has 0 spiro atoms. The summed E-state index contributed by atoms with van der Waals surface area (Å²) in [6.07, 6.45) is 0. The van der Waals surface area contributed by atoms with Crippen LogP contribution in [0.3, 0.4) is 0 Å². The molecule has 1 N–H and O–H groups in total. The molecule has 1 heterocycles. The van der Waals surface area contributed by atoms with E-state index in [1.54, 1.807) is 25.3 Å². The number of anilines is 1. The summed E-state index contributed by atoms with van der Waals surface area (Å²) in [6, 6.07) is 11.5. The highest BCUT2D eigenvalue weighted by molar-refractivity contribution is 7.22. The lowest BCUT2D eigenvalue weighted by Gasteiger charge is -2.06. The normalized spacial score (nSPS) is 10.5. The largest absolute Gasteiger partial charge is 0.494 e. The fourth-order valence-corrected chi connectivity index (χ4v) is 2.90. The van der Waals surface area contributed by atoms with Crippen LogP contribution < -0.4 is 14.8 Å². The zero-order chi connectivity index (χ0) is 16.2. The van der Waals surface area contributed by atoms with Crippen LogP contribution in [0.2, 0.25) is 0 Å². The van der Waals surface area contributed by atoms with Crippen LogP contribution in [0, 0.1) is 5.82 Å². The molecule has 1 aromatic heterocycles. The minimum atomic E-state index is -0.509. The van der Waals surface area contributed by atoms with Gasteiger partial charge >= 0.3 is 0 Å². The highest BCUT2D eigenvalue weighted by atomic mass is 32.1. The molecule has 0 saturated carbocycles. The molecule has 0 saturated heterocycles. The first-order valence-corrected chi connectivity index (χ1v) is 7.60. The summed E-state index contributed by atoms with van der Waals surface area (Å²) in [5, 5.41) is 3.07. The van der Waals surface area contributed by atoms with Crippen molar-refractivity contribution < 1.29 is 18.7 Å². The molecular weight excluding hydrogens is 319 g/mol. The molecule has 118 valence electrons. The van der Waals surface area contributed by atoms with Crippen molar-refractivity contribution in [2.75, 3.05) is 19.0 Å². The molecule has 23 heavy (non-hydrogen) atoms. The zero-order valence-corrected chi connectivity index (χ0v) is 13.0. The topological polar surface area (TPSA) is 60.5 Å². The highest BCUT2D eigenvalue weighted by Gasteiger charge is 2.12. The molecule has 0 bridgehead atoms.